The van der Waals surface area contributed by atoms with Crippen LogP contribution in [-0.2, 0) is 7.05 Å². The first-order chi connectivity index (χ1) is 18.8. The van der Waals surface area contributed by atoms with Crippen molar-refractivity contribution in [1.29, 1.82) is 0 Å². The molecule has 0 aliphatic heterocycles. The molecule has 2 heteroatoms. The predicted molar refractivity (Wildman–Crippen MR) is 166 cm³/mol. The number of benzene rings is 1. The average Bonchev–Trinajstić information content (AvgIpc) is 2.94. The van der Waals surface area contributed by atoms with Gasteiger partial charge < -0.3 is 4.74 Å². The second kappa shape index (κ2) is 22.9. The lowest BCUT2D eigenvalue weighted by Gasteiger charge is -2.07. The van der Waals surface area contributed by atoms with Gasteiger partial charge in [-0.3, -0.25) is 0 Å². The molecule has 0 saturated carbocycles. The van der Waals surface area contributed by atoms with Gasteiger partial charge in [-0.15, -0.1) is 0 Å². The second-order valence-electron chi connectivity index (χ2n) is 11.3. The van der Waals surface area contributed by atoms with Gasteiger partial charge in [0.1, 0.15) is 12.8 Å². The summed E-state index contributed by atoms with van der Waals surface area (Å²) in [5.41, 5.74) is 2.41. The maximum atomic E-state index is 5.95. The van der Waals surface area contributed by atoms with Gasteiger partial charge in [0, 0.05) is 12.1 Å². The molecule has 0 aliphatic carbocycles. The van der Waals surface area contributed by atoms with E-state index in [4.69, 9.17) is 4.74 Å². The van der Waals surface area contributed by atoms with Crippen LogP contribution in [0.2, 0.25) is 0 Å². The van der Waals surface area contributed by atoms with E-state index < -0.39 is 0 Å². The fourth-order valence-corrected chi connectivity index (χ4v) is 5.04. The maximum Gasteiger partial charge on any atom is 0.169 e. The number of aromatic nitrogens is 1. The lowest BCUT2D eigenvalue weighted by atomic mass is 10.0. The Morgan fingerprint density at radius 1 is 0.500 bits per heavy atom. The van der Waals surface area contributed by atoms with Crippen molar-refractivity contribution in [3.05, 3.63) is 59.9 Å². The molecule has 0 atom stereocenters. The monoisotopic (exact) mass is 520 g/mol. The lowest BCUT2D eigenvalue weighted by molar-refractivity contribution is -0.671. The number of hydrogen-bond donors (Lipinski definition) is 0. The molecule has 1 heterocycles. The Hall–Kier alpha value is -2.09. The quantitative estimate of drug-likeness (QED) is 0.0990. The van der Waals surface area contributed by atoms with Crippen molar-refractivity contribution in [2.24, 2.45) is 7.05 Å². The Morgan fingerprint density at radius 2 is 0.868 bits per heavy atom. The minimum atomic E-state index is 0.829. The Bertz CT molecular complexity index is 808. The molecule has 0 unspecified atom stereocenters. The third kappa shape index (κ3) is 17.4. The molecule has 1 aromatic heterocycles. The Kier molecular flexibility index (Phi) is 19.3. The average molecular weight is 521 g/mol. The van der Waals surface area contributed by atoms with Gasteiger partial charge >= 0.3 is 0 Å². The summed E-state index contributed by atoms with van der Waals surface area (Å²) in [7, 11) is 2.04. The first-order valence-electron chi connectivity index (χ1n) is 16.1. The van der Waals surface area contributed by atoms with Crippen molar-refractivity contribution in [1.82, 2.24) is 0 Å². The van der Waals surface area contributed by atoms with Crippen LogP contribution in [-0.4, -0.2) is 6.61 Å². The van der Waals surface area contributed by atoms with Crippen molar-refractivity contribution >= 4 is 12.2 Å². The number of rotatable bonds is 24. The molecule has 0 aliphatic rings. The summed E-state index contributed by atoms with van der Waals surface area (Å²) in [5.74, 6) is 0.978. The van der Waals surface area contributed by atoms with Crippen LogP contribution in [0.25, 0.3) is 12.2 Å². The number of unbranched alkanes of at least 4 members (excludes halogenated alkanes) is 19. The smallest absolute Gasteiger partial charge is 0.169 e. The van der Waals surface area contributed by atoms with E-state index in [1.165, 1.54) is 133 Å². The molecule has 2 nitrogen and oxygen atoms in total. The van der Waals surface area contributed by atoms with E-state index in [9.17, 15) is 0 Å². The summed E-state index contributed by atoms with van der Waals surface area (Å²) in [6.07, 6.45) is 36.8. The SMILES string of the molecule is CCCCCCCCCCCCCCCCCCCCCCOc1ccc(/C=C/c2cc[n+](C)cc2)cc1. The van der Waals surface area contributed by atoms with Gasteiger partial charge in [-0.25, -0.2) is 4.57 Å². The van der Waals surface area contributed by atoms with Crippen molar-refractivity contribution in [3.63, 3.8) is 0 Å². The number of hydrogen-bond acceptors (Lipinski definition) is 1. The number of nitrogens with zero attached hydrogens (tertiary/aromatic N) is 1. The van der Waals surface area contributed by atoms with E-state index in [0.717, 1.165) is 18.8 Å². The molecule has 0 bridgehead atoms. The number of aryl methyl sites for hydroxylation is 1. The molecular weight excluding hydrogens is 462 g/mol. The van der Waals surface area contributed by atoms with Gasteiger partial charge in [0.2, 0.25) is 0 Å². The molecule has 2 rings (SSSR count). The van der Waals surface area contributed by atoms with Gasteiger partial charge in [-0.05, 0) is 29.7 Å². The van der Waals surface area contributed by atoms with E-state index in [1.54, 1.807) is 0 Å². The minimum Gasteiger partial charge on any atom is -0.494 e. The van der Waals surface area contributed by atoms with Crippen molar-refractivity contribution < 1.29 is 9.30 Å². The fourth-order valence-electron chi connectivity index (χ4n) is 5.04. The van der Waals surface area contributed by atoms with E-state index >= 15 is 0 Å². The van der Waals surface area contributed by atoms with E-state index in [2.05, 4.69) is 67.9 Å². The van der Waals surface area contributed by atoms with E-state index in [0.29, 0.717) is 0 Å². The summed E-state index contributed by atoms with van der Waals surface area (Å²) in [6, 6.07) is 12.7. The Balaban J connectivity index is 1.32. The van der Waals surface area contributed by atoms with Crippen LogP contribution in [0, 0.1) is 0 Å². The van der Waals surface area contributed by atoms with Crippen LogP contribution in [0.5, 0.6) is 5.75 Å². The molecule has 0 fully saturated rings. The van der Waals surface area contributed by atoms with Crippen LogP contribution in [0.4, 0.5) is 0 Å². The van der Waals surface area contributed by atoms with Crippen molar-refractivity contribution in [2.75, 3.05) is 6.61 Å². The summed E-state index contributed by atoms with van der Waals surface area (Å²) in [4.78, 5) is 0. The molecule has 2 aromatic rings. The normalized spacial score (nSPS) is 11.4. The fraction of sp³-hybridized carbons (Fsp3) is 0.639. The number of ether oxygens (including phenoxy) is 1. The first-order valence-corrected chi connectivity index (χ1v) is 16.1. The third-order valence-corrected chi connectivity index (χ3v) is 7.62. The molecule has 0 N–H and O–H groups in total. The first kappa shape index (κ1) is 32.1. The van der Waals surface area contributed by atoms with Crippen molar-refractivity contribution in [3.8, 4) is 5.75 Å². The van der Waals surface area contributed by atoms with Crippen LogP contribution < -0.4 is 9.30 Å². The molecule has 212 valence electrons. The van der Waals surface area contributed by atoms with Gasteiger partial charge in [0.05, 0.1) is 6.61 Å². The lowest BCUT2D eigenvalue weighted by Crippen LogP contribution is -2.25. The zero-order valence-corrected chi connectivity index (χ0v) is 25.0. The second-order valence-corrected chi connectivity index (χ2v) is 11.3. The van der Waals surface area contributed by atoms with E-state index in [1.807, 2.05) is 11.6 Å². The Labute approximate surface area is 235 Å². The van der Waals surface area contributed by atoms with E-state index in [-0.39, 0.29) is 0 Å². The molecular formula is C36H58NO+. The highest BCUT2D eigenvalue weighted by Gasteiger charge is 1.98. The van der Waals surface area contributed by atoms with Crippen molar-refractivity contribution in [2.45, 2.75) is 135 Å². The third-order valence-electron chi connectivity index (χ3n) is 7.62. The highest BCUT2D eigenvalue weighted by Crippen LogP contribution is 2.17. The largest absolute Gasteiger partial charge is 0.494 e. The molecule has 0 radical (unpaired) electrons. The maximum absolute atomic E-state index is 5.95. The standard InChI is InChI=1S/C36H58NO/c1-3-4-5-6-7-8-9-10-11-12-13-14-15-16-17-18-19-20-21-22-33-38-36-27-25-34(26-28-36)23-24-35-29-31-37(2)32-30-35/h23-32H,3-22,33H2,1-2H3/q+1/b24-23+. The predicted octanol–water partition coefficient (Wildman–Crippen LogP) is 10.9. The van der Waals surface area contributed by atoms with Crippen LogP contribution in [0.3, 0.4) is 0 Å². The van der Waals surface area contributed by atoms with Gasteiger partial charge in [-0.2, -0.15) is 0 Å². The molecule has 1 aromatic carbocycles. The zero-order chi connectivity index (χ0) is 26.9. The topological polar surface area (TPSA) is 13.1 Å². The molecule has 0 amide bonds. The summed E-state index contributed by atoms with van der Waals surface area (Å²) >= 11 is 0. The van der Waals surface area contributed by atoms with Crippen LogP contribution in [0.1, 0.15) is 146 Å². The van der Waals surface area contributed by atoms with Gasteiger partial charge in [0.15, 0.2) is 12.4 Å². The van der Waals surface area contributed by atoms with Gasteiger partial charge in [0.25, 0.3) is 0 Å². The summed E-state index contributed by atoms with van der Waals surface area (Å²) in [5, 5.41) is 0. The zero-order valence-electron chi connectivity index (χ0n) is 25.0. The van der Waals surface area contributed by atoms with Gasteiger partial charge in [-0.1, -0.05) is 153 Å². The summed E-state index contributed by atoms with van der Waals surface area (Å²) in [6.45, 7) is 3.13. The molecule has 38 heavy (non-hydrogen) atoms. The Morgan fingerprint density at radius 3 is 1.29 bits per heavy atom. The molecule has 0 saturated heterocycles. The minimum absolute atomic E-state index is 0.829. The highest BCUT2D eigenvalue weighted by atomic mass is 16.5. The summed E-state index contributed by atoms with van der Waals surface area (Å²) < 4.78 is 7.99. The van der Waals surface area contributed by atoms with Crippen LogP contribution in [0.15, 0.2) is 48.8 Å². The van der Waals surface area contributed by atoms with Crippen LogP contribution >= 0.6 is 0 Å². The highest BCUT2D eigenvalue weighted by molar-refractivity contribution is 5.69. The molecule has 0 spiro atoms. The number of pyridine rings is 1.